The SMILES string of the molecule is O=C(O)[C@H]1O[C@H](O[C@@H]2[C@H](O)[C@@H](O)[C@@H](O[C@@H]3[C@H](O)[C@H](O)[C@@H](O)O[C@@H]3C(=O)O)O[C@@H]2C(=O)O)[C@H](O)[C@@H](O)[C@H]1O. The minimum Gasteiger partial charge on any atom is -0.479 e. The van der Waals surface area contributed by atoms with E-state index < -0.39 is 110 Å². The first-order valence-electron chi connectivity index (χ1n) is 10.6. The van der Waals surface area contributed by atoms with Gasteiger partial charge in [-0.05, 0) is 0 Å². The lowest BCUT2D eigenvalue weighted by atomic mass is 9.95. The fraction of sp³-hybridized carbons (Fsp3) is 0.833. The van der Waals surface area contributed by atoms with Gasteiger partial charge in [0.15, 0.2) is 37.2 Å². The largest absolute Gasteiger partial charge is 0.479 e. The van der Waals surface area contributed by atoms with E-state index in [-0.39, 0.29) is 0 Å². The Bertz CT molecular complexity index is 853. The Balaban J connectivity index is 1.81. The summed E-state index contributed by atoms with van der Waals surface area (Å²) in [4.78, 5) is 34.5. The molecule has 3 aliphatic rings. The van der Waals surface area contributed by atoms with E-state index in [1.807, 2.05) is 0 Å². The Hall–Kier alpha value is -2.11. The molecule has 0 aromatic rings. The average molecular weight is 546 g/mol. The maximum absolute atomic E-state index is 11.8. The molecule has 3 saturated heterocycles. The number of hydrogen-bond donors (Lipinski definition) is 11. The Morgan fingerprint density at radius 3 is 1.30 bits per heavy atom. The lowest BCUT2D eigenvalue weighted by Gasteiger charge is -2.46. The number of carboxylic acids is 3. The second-order valence-electron chi connectivity index (χ2n) is 8.45. The molecule has 15 atom stereocenters. The highest BCUT2D eigenvalue weighted by atomic mass is 16.8. The summed E-state index contributed by atoms with van der Waals surface area (Å²) in [5.74, 6) is -5.46. The van der Waals surface area contributed by atoms with Crippen LogP contribution in [0.2, 0.25) is 0 Å². The molecule has 3 fully saturated rings. The summed E-state index contributed by atoms with van der Waals surface area (Å²) >= 11 is 0. The Morgan fingerprint density at radius 1 is 0.459 bits per heavy atom. The second kappa shape index (κ2) is 11.3. The Labute approximate surface area is 205 Å². The van der Waals surface area contributed by atoms with Crippen LogP contribution in [0.1, 0.15) is 0 Å². The van der Waals surface area contributed by atoms with E-state index in [0.717, 1.165) is 0 Å². The monoisotopic (exact) mass is 546 g/mol. The topological polar surface area (TPSA) is 320 Å². The number of aliphatic hydroxyl groups is 8. The number of carbonyl (C=O) groups is 3. The lowest BCUT2D eigenvalue weighted by molar-refractivity contribution is -0.368. The highest BCUT2D eigenvalue weighted by Gasteiger charge is 2.56. The molecule has 37 heavy (non-hydrogen) atoms. The first-order valence-corrected chi connectivity index (χ1v) is 10.6. The predicted octanol–water partition coefficient (Wildman–Crippen LogP) is -7.30. The Morgan fingerprint density at radius 2 is 0.838 bits per heavy atom. The number of ether oxygens (including phenoxy) is 5. The molecular formula is C18H26O19. The third-order valence-corrected chi connectivity index (χ3v) is 5.99. The summed E-state index contributed by atoms with van der Waals surface area (Å²) in [6, 6.07) is 0. The molecule has 19 nitrogen and oxygen atoms in total. The summed E-state index contributed by atoms with van der Waals surface area (Å²) in [5, 5.41) is 108. The van der Waals surface area contributed by atoms with Gasteiger partial charge < -0.3 is 79.9 Å². The zero-order valence-electron chi connectivity index (χ0n) is 18.3. The smallest absolute Gasteiger partial charge is 0.335 e. The second-order valence-corrected chi connectivity index (χ2v) is 8.45. The molecule has 0 aromatic carbocycles. The maximum atomic E-state index is 11.8. The van der Waals surface area contributed by atoms with Gasteiger partial charge in [0.05, 0.1) is 0 Å². The highest BCUT2D eigenvalue weighted by molar-refractivity contribution is 5.74. The molecule has 19 heteroatoms. The van der Waals surface area contributed by atoms with Crippen LogP contribution in [0, 0.1) is 0 Å². The Kier molecular flexibility index (Phi) is 9.01. The van der Waals surface area contributed by atoms with Gasteiger partial charge in [-0.25, -0.2) is 14.4 Å². The number of hydrogen-bond acceptors (Lipinski definition) is 16. The fourth-order valence-corrected chi connectivity index (χ4v) is 3.98. The molecule has 3 rings (SSSR count). The van der Waals surface area contributed by atoms with Crippen LogP contribution in [0.15, 0.2) is 0 Å². The van der Waals surface area contributed by atoms with Crippen molar-refractivity contribution in [1.29, 1.82) is 0 Å². The molecule has 0 unspecified atom stereocenters. The standard InChI is InChI=1S/C18H26O19/c19-1-2(20)10(13(26)27)36-17(6(1)24)35-9-4(22)7(25)18(37-12(9)15(30)31)34-8-3(21)5(23)16(32)33-11(8)14(28)29/h1-12,16-25,32H,(H,26,27)(H,28,29)(H,30,31)/t1-,2+,3+,4+,5-,6+,7+,8+,9+,10-,11-,12-,16-,17-,18-/m0/s1. The van der Waals surface area contributed by atoms with Gasteiger partial charge in [-0.1, -0.05) is 0 Å². The molecular weight excluding hydrogens is 520 g/mol. The van der Waals surface area contributed by atoms with Crippen LogP contribution in [-0.2, 0) is 38.1 Å². The highest BCUT2D eigenvalue weighted by Crippen LogP contribution is 2.32. The van der Waals surface area contributed by atoms with Gasteiger partial charge in [-0.3, -0.25) is 0 Å². The zero-order chi connectivity index (χ0) is 27.9. The minimum absolute atomic E-state index is 1.79. The van der Waals surface area contributed by atoms with Crippen molar-refractivity contribution < 1.29 is 94.2 Å². The number of carboxylic acid groups (broad SMARTS) is 3. The van der Waals surface area contributed by atoms with E-state index in [1.165, 1.54) is 0 Å². The normalized spacial score (nSPS) is 48.8. The number of rotatable bonds is 7. The molecule has 3 aliphatic heterocycles. The van der Waals surface area contributed by atoms with E-state index in [4.69, 9.17) is 24.1 Å². The van der Waals surface area contributed by atoms with Crippen molar-refractivity contribution in [2.45, 2.75) is 92.1 Å². The summed E-state index contributed by atoms with van der Waals surface area (Å²) in [6.07, 6.45) is -32.5. The van der Waals surface area contributed by atoms with Gasteiger partial charge in [-0.15, -0.1) is 0 Å². The average Bonchev–Trinajstić information content (AvgIpc) is 2.82. The van der Waals surface area contributed by atoms with E-state index in [0.29, 0.717) is 0 Å². The van der Waals surface area contributed by atoms with Crippen LogP contribution in [0.4, 0.5) is 0 Å². The van der Waals surface area contributed by atoms with E-state index in [9.17, 15) is 65.4 Å². The zero-order valence-corrected chi connectivity index (χ0v) is 18.3. The van der Waals surface area contributed by atoms with Crippen molar-refractivity contribution in [3.63, 3.8) is 0 Å². The molecule has 0 aliphatic carbocycles. The van der Waals surface area contributed by atoms with Gasteiger partial charge >= 0.3 is 17.9 Å². The van der Waals surface area contributed by atoms with Crippen molar-refractivity contribution in [2.24, 2.45) is 0 Å². The van der Waals surface area contributed by atoms with Gasteiger partial charge in [-0.2, -0.15) is 0 Å². The van der Waals surface area contributed by atoms with Crippen LogP contribution in [0.25, 0.3) is 0 Å². The predicted molar refractivity (Wildman–Crippen MR) is 103 cm³/mol. The van der Waals surface area contributed by atoms with Crippen LogP contribution in [-0.4, -0.2) is 166 Å². The van der Waals surface area contributed by atoms with Crippen LogP contribution in [0.5, 0.6) is 0 Å². The van der Waals surface area contributed by atoms with E-state index in [1.54, 1.807) is 0 Å². The number of aliphatic carboxylic acids is 3. The molecule has 0 amide bonds. The molecule has 0 radical (unpaired) electrons. The third kappa shape index (κ3) is 5.68. The molecule has 11 N–H and O–H groups in total. The molecule has 0 saturated carbocycles. The fourth-order valence-electron chi connectivity index (χ4n) is 3.98. The summed E-state index contributed by atoms with van der Waals surface area (Å²) in [7, 11) is 0. The first kappa shape index (κ1) is 29.4. The maximum Gasteiger partial charge on any atom is 0.335 e. The van der Waals surface area contributed by atoms with Crippen LogP contribution in [0.3, 0.4) is 0 Å². The minimum atomic E-state index is -2.29. The van der Waals surface area contributed by atoms with Crippen molar-refractivity contribution >= 4 is 17.9 Å². The summed E-state index contributed by atoms with van der Waals surface area (Å²) < 4.78 is 24.8. The van der Waals surface area contributed by atoms with Crippen molar-refractivity contribution in [1.82, 2.24) is 0 Å². The van der Waals surface area contributed by atoms with Gasteiger partial charge in [0.25, 0.3) is 0 Å². The molecule has 212 valence electrons. The first-order chi connectivity index (χ1) is 17.2. The van der Waals surface area contributed by atoms with Gasteiger partial charge in [0, 0.05) is 0 Å². The van der Waals surface area contributed by atoms with Crippen LogP contribution >= 0.6 is 0 Å². The van der Waals surface area contributed by atoms with E-state index >= 15 is 0 Å². The van der Waals surface area contributed by atoms with Crippen molar-refractivity contribution in [3.8, 4) is 0 Å². The molecule has 3 heterocycles. The summed E-state index contributed by atoms with van der Waals surface area (Å²) in [6.45, 7) is 0. The molecule has 0 bridgehead atoms. The summed E-state index contributed by atoms with van der Waals surface area (Å²) in [5.41, 5.74) is 0. The van der Waals surface area contributed by atoms with Crippen molar-refractivity contribution in [2.75, 3.05) is 0 Å². The molecule has 0 aromatic heterocycles. The number of aliphatic hydroxyl groups excluding tert-OH is 8. The lowest BCUT2D eigenvalue weighted by Crippen LogP contribution is -2.67. The third-order valence-electron chi connectivity index (χ3n) is 5.99. The van der Waals surface area contributed by atoms with Crippen LogP contribution < -0.4 is 0 Å². The van der Waals surface area contributed by atoms with E-state index in [2.05, 4.69) is 4.74 Å². The van der Waals surface area contributed by atoms with Gasteiger partial charge in [0.2, 0.25) is 0 Å². The molecule has 0 spiro atoms. The quantitative estimate of drug-likeness (QED) is 0.141. The van der Waals surface area contributed by atoms with Crippen molar-refractivity contribution in [3.05, 3.63) is 0 Å². The van der Waals surface area contributed by atoms with Gasteiger partial charge in [0.1, 0.15) is 54.9 Å².